The highest BCUT2D eigenvalue weighted by Gasteiger charge is 2.26. The third-order valence-corrected chi connectivity index (χ3v) is 3.57. The van der Waals surface area contributed by atoms with E-state index in [1.807, 2.05) is 6.92 Å². The molecule has 0 aliphatic carbocycles. The van der Waals surface area contributed by atoms with Gasteiger partial charge in [0.1, 0.15) is 5.82 Å². The Bertz CT molecular complexity index is 416. The number of morpholine rings is 1. The first-order chi connectivity index (χ1) is 8.63. The molecule has 0 spiro atoms. The average Bonchev–Trinajstić information content (AvgIpc) is 2.35. The fourth-order valence-electron chi connectivity index (χ4n) is 2.38. The Labute approximate surface area is 112 Å². The summed E-state index contributed by atoms with van der Waals surface area (Å²) >= 11 is 5.82. The Balaban J connectivity index is 2.24. The van der Waals surface area contributed by atoms with Crippen molar-refractivity contribution in [3.8, 4) is 0 Å². The molecule has 1 aromatic rings. The minimum Gasteiger partial charge on any atom is -0.376 e. The lowest BCUT2D eigenvalue weighted by Gasteiger charge is -2.37. The first-order valence-corrected chi connectivity index (χ1v) is 6.51. The Kier molecular flexibility index (Phi) is 4.56. The van der Waals surface area contributed by atoms with Gasteiger partial charge in [0, 0.05) is 25.2 Å². The smallest absolute Gasteiger partial charge is 0.146 e. The van der Waals surface area contributed by atoms with Crippen molar-refractivity contribution >= 4 is 11.6 Å². The number of hydrogen-bond acceptors (Lipinski definition) is 3. The molecule has 2 atom stereocenters. The molecule has 1 heterocycles. The number of rotatable bonds is 3. The van der Waals surface area contributed by atoms with Crippen molar-refractivity contribution in [1.29, 1.82) is 0 Å². The van der Waals surface area contributed by atoms with E-state index in [-0.39, 0.29) is 23.0 Å². The summed E-state index contributed by atoms with van der Waals surface area (Å²) < 4.78 is 19.5. The van der Waals surface area contributed by atoms with Crippen LogP contribution in [0.3, 0.4) is 0 Å². The number of nitrogens with two attached hydrogens (primary N) is 1. The minimum atomic E-state index is -0.367. The van der Waals surface area contributed by atoms with Gasteiger partial charge in [-0.05, 0) is 13.0 Å². The van der Waals surface area contributed by atoms with E-state index >= 15 is 0 Å². The zero-order valence-electron chi connectivity index (χ0n) is 10.4. The highest BCUT2D eigenvalue weighted by Crippen LogP contribution is 2.28. The maximum absolute atomic E-state index is 14.0. The first kappa shape index (κ1) is 13.7. The predicted molar refractivity (Wildman–Crippen MR) is 70.2 cm³/mol. The molecule has 1 fully saturated rings. The number of ether oxygens (including phenoxy) is 1. The van der Waals surface area contributed by atoms with Gasteiger partial charge < -0.3 is 10.5 Å². The fourth-order valence-corrected chi connectivity index (χ4v) is 2.56. The molecule has 100 valence electrons. The second-order valence-corrected chi connectivity index (χ2v) is 4.98. The molecule has 1 saturated heterocycles. The molecular formula is C13H18ClFN2O. The van der Waals surface area contributed by atoms with Crippen LogP contribution in [0.1, 0.15) is 18.5 Å². The molecular weight excluding hydrogens is 255 g/mol. The van der Waals surface area contributed by atoms with Crippen molar-refractivity contribution in [1.82, 2.24) is 4.90 Å². The molecule has 3 nitrogen and oxygen atoms in total. The molecule has 0 saturated carbocycles. The summed E-state index contributed by atoms with van der Waals surface area (Å²) in [7, 11) is 0. The van der Waals surface area contributed by atoms with Gasteiger partial charge in [-0.15, -0.1) is 0 Å². The molecule has 1 aliphatic rings. The first-order valence-electron chi connectivity index (χ1n) is 6.13. The standard InChI is InChI=1S/C13H18ClFN2O/c1-9-8-17(5-6-18-9)12(7-16)10-3-2-4-11(14)13(10)15/h2-4,9,12H,5-8,16H2,1H3. The molecule has 0 radical (unpaired) electrons. The molecule has 5 heteroatoms. The van der Waals surface area contributed by atoms with E-state index in [2.05, 4.69) is 4.90 Å². The number of hydrogen-bond donors (Lipinski definition) is 1. The Morgan fingerprint density at radius 3 is 3.06 bits per heavy atom. The summed E-state index contributed by atoms with van der Waals surface area (Å²) in [5.74, 6) is -0.367. The summed E-state index contributed by atoms with van der Waals surface area (Å²) in [5, 5.41) is 0.146. The van der Waals surface area contributed by atoms with Gasteiger partial charge in [0.15, 0.2) is 0 Å². The Morgan fingerprint density at radius 1 is 1.61 bits per heavy atom. The predicted octanol–water partition coefficient (Wildman–Crippen LogP) is 2.20. The van der Waals surface area contributed by atoms with Gasteiger partial charge in [0.2, 0.25) is 0 Å². The van der Waals surface area contributed by atoms with Crippen molar-refractivity contribution < 1.29 is 9.13 Å². The van der Waals surface area contributed by atoms with E-state index in [1.165, 1.54) is 0 Å². The number of nitrogens with zero attached hydrogens (tertiary/aromatic N) is 1. The van der Waals surface area contributed by atoms with E-state index in [0.29, 0.717) is 18.7 Å². The molecule has 2 rings (SSSR count). The molecule has 1 aliphatic heterocycles. The highest BCUT2D eigenvalue weighted by atomic mass is 35.5. The summed E-state index contributed by atoms with van der Waals surface area (Å²) in [6.45, 7) is 4.55. The number of halogens is 2. The largest absolute Gasteiger partial charge is 0.376 e. The molecule has 2 N–H and O–H groups in total. The van der Waals surface area contributed by atoms with Gasteiger partial charge in [-0.25, -0.2) is 4.39 Å². The second-order valence-electron chi connectivity index (χ2n) is 4.57. The third kappa shape index (κ3) is 2.83. The minimum absolute atomic E-state index is 0.143. The normalized spacial score (nSPS) is 23.0. The van der Waals surface area contributed by atoms with Crippen LogP contribution in [0.5, 0.6) is 0 Å². The van der Waals surface area contributed by atoms with Gasteiger partial charge in [0.25, 0.3) is 0 Å². The molecule has 2 unspecified atom stereocenters. The van der Waals surface area contributed by atoms with E-state index in [0.717, 1.165) is 13.1 Å². The lowest BCUT2D eigenvalue weighted by molar-refractivity contribution is -0.0337. The summed E-state index contributed by atoms with van der Waals surface area (Å²) in [6, 6.07) is 4.91. The monoisotopic (exact) mass is 272 g/mol. The Hall–Kier alpha value is -0.680. The molecule has 18 heavy (non-hydrogen) atoms. The second kappa shape index (κ2) is 5.97. The van der Waals surface area contributed by atoms with Crippen molar-refractivity contribution in [3.63, 3.8) is 0 Å². The summed E-state index contributed by atoms with van der Waals surface area (Å²) in [6.07, 6.45) is 0.148. The molecule has 1 aromatic carbocycles. The van der Waals surface area contributed by atoms with Crippen LogP contribution in [0.25, 0.3) is 0 Å². The van der Waals surface area contributed by atoms with Crippen LogP contribution in [0.15, 0.2) is 18.2 Å². The summed E-state index contributed by atoms with van der Waals surface area (Å²) in [4.78, 5) is 2.16. The van der Waals surface area contributed by atoms with E-state index in [4.69, 9.17) is 22.1 Å². The van der Waals surface area contributed by atoms with E-state index < -0.39 is 0 Å². The quantitative estimate of drug-likeness (QED) is 0.917. The zero-order valence-corrected chi connectivity index (χ0v) is 11.2. The van der Waals surface area contributed by atoms with Gasteiger partial charge in [-0.3, -0.25) is 4.90 Å². The van der Waals surface area contributed by atoms with Crippen molar-refractivity contribution in [2.75, 3.05) is 26.2 Å². The number of benzene rings is 1. The fraction of sp³-hybridized carbons (Fsp3) is 0.538. The van der Waals surface area contributed by atoms with Gasteiger partial charge in [-0.1, -0.05) is 23.7 Å². The van der Waals surface area contributed by atoms with Crippen molar-refractivity contribution in [2.24, 2.45) is 5.73 Å². The SMILES string of the molecule is CC1CN(C(CN)c2cccc(Cl)c2F)CCO1. The van der Waals surface area contributed by atoms with Crippen LogP contribution >= 0.6 is 11.6 Å². The van der Waals surface area contributed by atoms with Crippen LogP contribution in [0.2, 0.25) is 5.02 Å². The van der Waals surface area contributed by atoms with Crippen LogP contribution < -0.4 is 5.73 Å². The van der Waals surface area contributed by atoms with Gasteiger partial charge in [0.05, 0.1) is 23.8 Å². The molecule has 0 aromatic heterocycles. The maximum atomic E-state index is 14.0. The van der Waals surface area contributed by atoms with Crippen LogP contribution in [0.4, 0.5) is 4.39 Å². The van der Waals surface area contributed by atoms with Crippen molar-refractivity contribution in [2.45, 2.75) is 19.1 Å². The van der Waals surface area contributed by atoms with Crippen LogP contribution in [-0.4, -0.2) is 37.2 Å². The highest BCUT2D eigenvalue weighted by molar-refractivity contribution is 6.30. The van der Waals surface area contributed by atoms with Gasteiger partial charge >= 0.3 is 0 Å². The average molecular weight is 273 g/mol. The van der Waals surface area contributed by atoms with E-state index in [9.17, 15) is 4.39 Å². The zero-order chi connectivity index (χ0) is 13.1. The topological polar surface area (TPSA) is 38.5 Å². The molecule has 0 bridgehead atoms. The Morgan fingerprint density at radius 2 is 2.39 bits per heavy atom. The van der Waals surface area contributed by atoms with Gasteiger partial charge in [-0.2, -0.15) is 0 Å². The third-order valence-electron chi connectivity index (χ3n) is 3.28. The summed E-state index contributed by atoms with van der Waals surface area (Å²) in [5.41, 5.74) is 6.38. The lowest BCUT2D eigenvalue weighted by atomic mass is 10.0. The van der Waals surface area contributed by atoms with E-state index in [1.54, 1.807) is 18.2 Å². The maximum Gasteiger partial charge on any atom is 0.146 e. The lowest BCUT2D eigenvalue weighted by Crippen LogP contribution is -2.45. The van der Waals surface area contributed by atoms with Crippen molar-refractivity contribution in [3.05, 3.63) is 34.6 Å². The van der Waals surface area contributed by atoms with Crippen LogP contribution in [0, 0.1) is 5.82 Å². The molecule has 0 amide bonds. The van der Waals surface area contributed by atoms with Crippen LogP contribution in [-0.2, 0) is 4.74 Å².